The maximum Gasteiger partial charge on any atom is 0.128 e. The minimum atomic E-state index is -0.590. The van der Waals surface area contributed by atoms with Crippen LogP contribution in [0.5, 0.6) is 0 Å². The van der Waals surface area contributed by atoms with Crippen molar-refractivity contribution in [3.63, 3.8) is 0 Å². The molecule has 0 bridgehead atoms. The summed E-state index contributed by atoms with van der Waals surface area (Å²) in [6.07, 6.45) is 2.59. The molecule has 0 rings (SSSR count). The van der Waals surface area contributed by atoms with Crippen molar-refractivity contribution >= 4 is 0 Å². The van der Waals surface area contributed by atoms with Crippen molar-refractivity contribution in [1.29, 1.82) is 0 Å². The van der Waals surface area contributed by atoms with E-state index in [1.807, 2.05) is 0 Å². The molecule has 0 aromatic heterocycles. The Balaban J connectivity index is 4.19. The van der Waals surface area contributed by atoms with Crippen LogP contribution in [0.3, 0.4) is 0 Å². The number of rotatable bonds is 2. The fourth-order valence-electron chi connectivity index (χ4n) is 0.287. The highest BCUT2D eigenvalue weighted by Crippen LogP contribution is 2.09. The first kappa shape index (κ1) is 8.08. The zero-order valence-corrected chi connectivity index (χ0v) is 5.20. The molecule has 0 aliphatic rings. The predicted molar refractivity (Wildman–Crippen MR) is 34.3 cm³/mol. The Kier molecular flexibility index (Phi) is 3.60. The molecule has 0 N–H and O–H groups in total. The summed E-state index contributed by atoms with van der Waals surface area (Å²) in [5, 5.41) is 0. The van der Waals surface area contributed by atoms with Crippen LogP contribution in [0.2, 0.25) is 0 Å². The van der Waals surface area contributed by atoms with Gasteiger partial charge in [0.2, 0.25) is 0 Å². The van der Waals surface area contributed by atoms with Gasteiger partial charge in [-0.1, -0.05) is 12.7 Å². The zero-order chi connectivity index (χ0) is 7.28. The molecule has 9 heavy (non-hydrogen) atoms. The van der Waals surface area contributed by atoms with Gasteiger partial charge in [-0.3, -0.25) is 0 Å². The van der Waals surface area contributed by atoms with E-state index in [-0.39, 0.29) is 11.9 Å². The van der Waals surface area contributed by atoms with Gasteiger partial charge >= 0.3 is 0 Å². The molecule has 0 aliphatic carbocycles. The van der Waals surface area contributed by atoms with Gasteiger partial charge in [0.15, 0.2) is 0 Å². The Morgan fingerprint density at radius 3 is 2.44 bits per heavy atom. The summed E-state index contributed by atoms with van der Waals surface area (Å²) in [5.41, 5.74) is -0.0186. The average Bonchev–Trinajstić information content (AvgIpc) is 1.87. The first-order valence-electron chi connectivity index (χ1n) is 2.48. The average molecular weight is 130 g/mol. The molecule has 0 amide bonds. The van der Waals surface area contributed by atoms with Crippen LogP contribution >= 0.6 is 0 Å². The summed E-state index contributed by atoms with van der Waals surface area (Å²) in [7, 11) is 0. The maximum absolute atomic E-state index is 12.3. The Bertz CT molecular complexity index is 154. The van der Waals surface area contributed by atoms with Crippen LogP contribution in [-0.4, -0.2) is 0 Å². The first-order chi connectivity index (χ1) is 4.22. The van der Waals surface area contributed by atoms with Gasteiger partial charge < -0.3 is 0 Å². The SMILES string of the molecule is C=C/C=C(F)\C(C)=C\F. The minimum absolute atomic E-state index is 0.0186. The lowest BCUT2D eigenvalue weighted by molar-refractivity contribution is 0.632. The lowest BCUT2D eigenvalue weighted by Crippen LogP contribution is -1.72. The summed E-state index contributed by atoms with van der Waals surface area (Å²) >= 11 is 0. The van der Waals surface area contributed by atoms with E-state index in [9.17, 15) is 8.78 Å². The quantitative estimate of drug-likeness (QED) is 0.504. The van der Waals surface area contributed by atoms with Crippen LogP contribution in [0.4, 0.5) is 8.78 Å². The Hall–Kier alpha value is -0.920. The van der Waals surface area contributed by atoms with Gasteiger partial charge in [-0.2, -0.15) is 0 Å². The highest BCUT2D eigenvalue weighted by Gasteiger charge is 1.93. The Morgan fingerprint density at radius 2 is 2.11 bits per heavy atom. The number of allylic oxidation sites excluding steroid dienone is 4. The summed E-state index contributed by atoms with van der Waals surface area (Å²) in [5.74, 6) is -0.590. The topological polar surface area (TPSA) is 0 Å². The van der Waals surface area contributed by atoms with Crippen molar-refractivity contribution in [3.8, 4) is 0 Å². The summed E-state index contributed by atoms with van der Waals surface area (Å²) in [4.78, 5) is 0. The van der Waals surface area contributed by atoms with Gasteiger partial charge in [-0.15, -0.1) is 0 Å². The van der Waals surface area contributed by atoms with Crippen LogP contribution < -0.4 is 0 Å². The van der Waals surface area contributed by atoms with E-state index < -0.39 is 5.83 Å². The molecule has 0 aromatic rings. The molecule has 0 fully saturated rings. The number of halogens is 2. The van der Waals surface area contributed by atoms with E-state index in [1.165, 1.54) is 13.0 Å². The molecule has 0 spiro atoms. The van der Waals surface area contributed by atoms with Gasteiger partial charge in [-0.05, 0) is 13.0 Å². The van der Waals surface area contributed by atoms with E-state index in [2.05, 4.69) is 6.58 Å². The maximum atomic E-state index is 12.3. The van der Waals surface area contributed by atoms with Gasteiger partial charge in [-0.25, -0.2) is 8.78 Å². The molecule has 2 heteroatoms. The smallest absolute Gasteiger partial charge is 0.128 e. The fourth-order valence-corrected chi connectivity index (χ4v) is 0.287. The molecule has 0 saturated carbocycles. The van der Waals surface area contributed by atoms with Gasteiger partial charge in [0, 0.05) is 5.57 Å². The van der Waals surface area contributed by atoms with Crippen molar-refractivity contribution in [1.82, 2.24) is 0 Å². The number of hydrogen-bond donors (Lipinski definition) is 0. The fraction of sp³-hybridized carbons (Fsp3) is 0.143. The van der Waals surface area contributed by atoms with Gasteiger partial charge in [0.25, 0.3) is 0 Å². The molecular weight excluding hydrogens is 122 g/mol. The van der Waals surface area contributed by atoms with E-state index in [1.54, 1.807) is 0 Å². The molecule has 0 unspecified atom stereocenters. The molecule has 0 radical (unpaired) electrons. The van der Waals surface area contributed by atoms with Gasteiger partial charge in [0.1, 0.15) is 5.83 Å². The molecule has 0 atom stereocenters. The second-order valence-corrected chi connectivity index (χ2v) is 1.54. The predicted octanol–water partition coefficient (Wildman–Crippen LogP) is 2.90. The standard InChI is InChI=1S/C7H8F2/c1-3-4-7(9)6(2)5-8/h3-5H,1H2,2H3/b6-5+,7-4+. The third-order valence-corrected chi connectivity index (χ3v) is 0.805. The second kappa shape index (κ2) is 4.01. The third-order valence-electron chi connectivity index (χ3n) is 0.805. The monoisotopic (exact) mass is 130 g/mol. The van der Waals surface area contributed by atoms with Crippen molar-refractivity contribution < 1.29 is 8.78 Å². The Morgan fingerprint density at radius 1 is 1.56 bits per heavy atom. The van der Waals surface area contributed by atoms with Crippen molar-refractivity contribution in [2.24, 2.45) is 0 Å². The highest BCUT2D eigenvalue weighted by atomic mass is 19.1. The molecule has 0 saturated heterocycles. The zero-order valence-electron chi connectivity index (χ0n) is 5.20. The third kappa shape index (κ3) is 2.80. The lowest BCUT2D eigenvalue weighted by atomic mass is 10.3. The van der Waals surface area contributed by atoms with Crippen LogP contribution in [0.15, 0.2) is 36.5 Å². The summed E-state index contributed by atoms with van der Waals surface area (Å²) < 4.78 is 23.8. The molecule has 0 nitrogen and oxygen atoms in total. The molecule has 0 aromatic carbocycles. The second-order valence-electron chi connectivity index (χ2n) is 1.54. The largest absolute Gasteiger partial charge is 0.215 e. The van der Waals surface area contributed by atoms with Crippen LogP contribution in [0.1, 0.15) is 6.92 Å². The number of hydrogen-bond acceptors (Lipinski definition) is 0. The Labute approximate surface area is 53.2 Å². The van der Waals surface area contributed by atoms with Crippen LogP contribution in [-0.2, 0) is 0 Å². The lowest BCUT2D eigenvalue weighted by Gasteiger charge is -1.88. The molecule has 0 aliphatic heterocycles. The highest BCUT2D eigenvalue weighted by molar-refractivity contribution is 5.24. The first-order valence-corrected chi connectivity index (χ1v) is 2.48. The van der Waals surface area contributed by atoms with Crippen molar-refractivity contribution in [2.75, 3.05) is 0 Å². The van der Waals surface area contributed by atoms with E-state index in [0.29, 0.717) is 0 Å². The normalized spacial score (nSPS) is 13.7. The van der Waals surface area contributed by atoms with E-state index in [0.717, 1.165) is 6.08 Å². The van der Waals surface area contributed by atoms with Gasteiger partial charge in [0.05, 0.1) is 6.33 Å². The molecule has 50 valence electrons. The van der Waals surface area contributed by atoms with Crippen molar-refractivity contribution in [3.05, 3.63) is 36.5 Å². The molecular formula is C7H8F2. The van der Waals surface area contributed by atoms with Crippen molar-refractivity contribution in [2.45, 2.75) is 6.92 Å². The molecule has 0 heterocycles. The van der Waals surface area contributed by atoms with Crippen LogP contribution in [0.25, 0.3) is 0 Å². The summed E-state index contributed by atoms with van der Waals surface area (Å²) in [6.45, 7) is 4.59. The van der Waals surface area contributed by atoms with E-state index >= 15 is 0 Å². The summed E-state index contributed by atoms with van der Waals surface area (Å²) in [6, 6.07) is 0. The van der Waals surface area contributed by atoms with Crippen LogP contribution in [0, 0.1) is 0 Å². The minimum Gasteiger partial charge on any atom is -0.215 e. The van der Waals surface area contributed by atoms with E-state index in [4.69, 9.17) is 0 Å².